The van der Waals surface area contributed by atoms with Crippen molar-refractivity contribution in [3.05, 3.63) is 40.6 Å². The van der Waals surface area contributed by atoms with Gasteiger partial charge in [0, 0.05) is 11.3 Å². The van der Waals surface area contributed by atoms with Crippen molar-refractivity contribution < 1.29 is 0 Å². The summed E-state index contributed by atoms with van der Waals surface area (Å²) in [5.41, 5.74) is 12.3. The lowest BCUT2D eigenvalue weighted by molar-refractivity contribution is 0.652. The Kier molecular flexibility index (Phi) is 2.62. The highest BCUT2D eigenvalue weighted by Gasteiger charge is 2.20. The van der Waals surface area contributed by atoms with Crippen LogP contribution >= 0.6 is 0 Å². The van der Waals surface area contributed by atoms with Gasteiger partial charge in [0.15, 0.2) is 0 Å². The second-order valence-corrected chi connectivity index (χ2v) is 5.22. The molecule has 18 heavy (non-hydrogen) atoms. The first-order valence-corrected chi connectivity index (χ1v) is 6.60. The molecule has 1 aromatic carbocycles. The van der Waals surface area contributed by atoms with Crippen LogP contribution < -0.4 is 5.73 Å². The molecule has 0 saturated heterocycles. The number of benzene rings is 1. The average Bonchev–Trinajstić information content (AvgIpc) is 2.68. The Balaban J connectivity index is 2.17. The first-order valence-electron chi connectivity index (χ1n) is 6.60. The van der Waals surface area contributed by atoms with Crippen LogP contribution in [0.2, 0.25) is 0 Å². The summed E-state index contributed by atoms with van der Waals surface area (Å²) in [6.45, 7) is 4.25. The van der Waals surface area contributed by atoms with Crippen LogP contribution in [0.1, 0.15) is 35.2 Å². The lowest BCUT2D eigenvalue weighted by atomic mass is 9.97. The zero-order valence-corrected chi connectivity index (χ0v) is 11.0. The highest BCUT2D eigenvalue weighted by molar-refractivity contribution is 5.50. The molecule has 1 aliphatic rings. The molecule has 0 unspecified atom stereocenters. The van der Waals surface area contributed by atoms with E-state index < -0.39 is 0 Å². The Morgan fingerprint density at radius 1 is 1.17 bits per heavy atom. The number of fused-ring (bicyclic) bond motifs is 1. The number of hydrogen-bond acceptors (Lipinski definition) is 2. The maximum atomic E-state index is 6.05. The fourth-order valence-electron chi connectivity index (χ4n) is 2.87. The Bertz CT molecular complexity index is 596. The minimum absolute atomic E-state index is 0.713. The number of aryl methyl sites for hydroxylation is 2. The van der Waals surface area contributed by atoms with Crippen LogP contribution in [0.15, 0.2) is 18.2 Å². The molecule has 0 atom stereocenters. The molecule has 0 spiro atoms. The van der Waals surface area contributed by atoms with Gasteiger partial charge in [-0.2, -0.15) is 5.10 Å². The van der Waals surface area contributed by atoms with E-state index in [2.05, 4.69) is 41.8 Å². The van der Waals surface area contributed by atoms with Crippen molar-refractivity contribution in [3.8, 4) is 5.69 Å². The van der Waals surface area contributed by atoms with Gasteiger partial charge in [-0.1, -0.05) is 17.7 Å². The predicted octanol–water partition coefficient (Wildman–Crippen LogP) is 2.95. The van der Waals surface area contributed by atoms with Gasteiger partial charge in [0.05, 0.1) is 5.69 Å². The minimum atomic E-state index is 0.713. The van der Waals surface area contributed by atoms with Crippen molar-refractivity contribution >= 4 is 5.82 Å². The van der Waals surface area contributed by atoms with Gasteiger partial charge in [0.2, 0.25) is 0 Å². The zero-order valence-electron chi connectivity index (χ0n) is 11.0. The van der Waals surface area contributed by atoms with Crippen LogP contribution in [0.5, 0.6) is 0 Å². The minimum Gasteiger partial charge on any atom is -0.382 e. The van der Waals surface area contributed by atoms with Crippen LogP contribution in [0.3, 0.4) is 0 Å². The number of nitrogens with zero attached hydrogens (tertiary/aromatic N) is 2. The monoisotopic (exact) mass is 241 g/mol. The van der Waals surface area contributed by atoms with Crippen LogP contribution in [0.25, 0.3) is 5.69 Å². The van der Waals surface area contributed by atoms with Crippen molar-refractivity contribution in [2.24, 2.45) is 0 Å². The van der Waals surface area contributed by atoms with Gasteiger partial charge in [0.1, 0.15) is 5.82 Å². The second-order valence-electron chi connectivity index (χ2n) is 5.22. The van der Waals surface area contributed by atoms with E-state index in [9.17, 15) is 0 Å². The van der Waals surface area contributed by atoms with E-state index in [1.807, 2.05) is 0 Å². The van der Waals surface area contributed by atoms with E-state index in [0.717, 1.165) is 18.5 Å². The second kappa shape index (κ2) is 4.16. The summed E-state index contributed by atoms with van der Waals surface area (Å²) in [4.78, 5) is 0. The van der Waals surface area contributed by atoms with Gasteiger partial charge in [0.25, 0.3) is 0 Å². The Labute approximate surface area is 108 Å². The average molecular weight is 241 g/mol. The molecule has 0 fully saturated rings. The zero-order chi connectivity index (χ0) is 12.7. The van der Waals surface area contributed by atoms with E-state index in [0.29, 0.717) is 5.82 Å². The van der Waals surface area contributed by atoms with Gasteiger partial charge in [-0.3, -0.25) is 0 Å². The Hall–Kier alpha value is -1.77. The highest BCUT2D eigenvalue weighted by atomic mass is 15.3. The smallest absolute Gasteiger partial charge is 0.149 e. The lowest BCUT2D eigenvalue weighted by Gasteiger charge is -2.15. The SMILES string of the molecule is Cc1ccc(-n2nc(N)c3c2CCCC3)c(C)c1. The molecule has 94 valence electrons. The number of hydrogen-bond donors (Lipinski definition) is 1. The van der Waals surface area contributed by atoms with Crippen LogP contribution in [0, 0.1) is 13.8 Å². The van der Waals surface area contributed by atoms with Crippen molar-refractivity contribution in [1.29, 1.82) is 0 Å². The van der Waals surface area contributed by atoms with Crippen molar-refractivity contribution in [1.82, 2.24) is 9.78 Å². The summed E-state index contributed by atoms with van der Waals surface area (Å²) in [6.07, 6.45) is 4.64. The first-order chi connectivity index (χ1) is 8.66. The summed E-state index contributed by atoms with van der Waals surface area (Å²) >= 11 is 0. The first kappa shape index (κ1) is 11.3. The predicted molar refractivity (Wildman–Crippen MR) is 74.1 cm³/mol. The molecule has 3 nitrogen and oxygen atoms in total. The number of rotatable bonds is 1. The standard InChI is InChI=1S/C15H19N3/c1-10-7-8-13(11(2)9-10)18-14-6-4-3-5-12(14)15(16)17-18/h7-9H,3-6H2,1-2H3,(H2,16,17). The number of nitrogens with two attached hydrogens (primary N) is 1. The lowest BCUT2D eigenvalue weighted by Crippen LogP contribution is -2.08. The van der Waals surface area contributed by atoms with E-state index in [-0.39, 0.29) is 0 Å². The summed E-state index contributed by atoms with van der Waals surface area (Å²) < 4.78 is 2.05. The van der Waals surface area contributed by atoms with Crippen LogP contribution in [-0.2, 0) is 12.8 Å². The van der Waals surface area contributed by atoms with Gasteiger partial charge < -0.3 is 5.73 Å². The van der Waals surface area contributed by atoms with Crippen molar-refractivity contribution in [3.63, 3.8) is 0 Å². The fourth-order valence-corrected chi connectivity index (χ4v) is 2.87. The van der Waals surface area contributed by atoms with Crippen LogP contribution in [0.4, 0.5) is 5.82 Å². The molecule has 0 amide bonds. The molecule has 3 heteroatoms. The van der Waals surface area contributed by atoms with E-state index in [4.69, 9.17) is 5.73 Å². The van der Waals surface area contributed by atoms with E-state index in [1.54, 1.807) is 0 Å². The van der Waals surface area contributed by atoms with E-state index in [1.165, 1.54) is 35.2 Å². The quantitative estimate of drug-likeness (QED) is 0.834. The molecule has 0 saturated carbocycles. The topological polar surface area (TPSA) is 43.8 Å². The molecule has 0 bridgehead atoms. The number of anilines is 1. The molecule has 3 rings (SSSR count). The third-order valence-electron chi connectivity index (χ3n) is 3.79. The van der Waals surface area contributed by atoms with Gasteiger partial charge >= 0.3 is 0 Å². The fraction of sp³-hybridized carbons (Fsp3) is 0.400. The summed E-state index contributed by atoms with van der Waals surface area (Å²) in [6, 6.07) is 6.48. The van der Waals surface area contributed by atoms with Gasteiger partial charge in [-0.15, -0.1) is 0 Å². The summed E-state index contributed by atoms with van der Waals surface area (Å²) in [7, 11) is 0. The normalized spacial score (nSPS) is 14.6. The molecule has 0 aliphatic heterocycles. The third-order valence-corrected chi connectivity index (χ3v) is 3.79. The molecule has 2 N–H and O–H groups in total. The van der Waals surface area contributed by atoms with Crippen molar-refractivity contribution in [2.75, 3.05) is 5.73 Å². The van der Waals surface area contributed by atoms with Gasteiger partial charge in [-0.25, -0.2) is 4.68 Å². The Morgan fingerprint density at radius 2 is 1.94 bits per heavy atom. The summed E-state index contributed by atoms with van der Waals surface area (Å²) in [5.74, 6) is 0.713. The van der Waals surface area contributed by atoms with E-state index >= 15 is 0 Å². The largest absolute Gasteiger partial charge is 0.382 e. The summed E-state index contributed by atoms with van der Waals surface area (Å²) in [5, 5.41) is 4.55. The highest BCUT2D eigenvalue weighted by Crippen LogP contribution is 2.29. The van der Waals surface area contributed by atoms with Crippen LogP contribution in [-0.4, -0.2) is 9.78 Å². The third kappa shape index (κ3) is 1.70. The number of nitrogen functional groups attached to an aromatic ring is 1. The number of aromatic nitrogens is 2. The Morgan fingerprint density at radius 3 is 2.72 bits per heavy atom. The molecular weight excluding hydrogens is 222 g/mol. The van der Waals surface area contributed by atoms with Crippen molar-refractivity contribution in [2.45, 2.75) is 39.5 Å². The molecule has 2 aromatic rings. The maximum Gasteiger partial charge on any atom is 0.149 e. The molecule has 1 aromatic heterocycles. The molecule has 1 heterocycles. The molecular formula is C15H19N3. The van der Waals surface area contributed by atoms with Gasteiger partial charge in [-0.05, 0) is 51.2 Å². The molecule has 0 radical (unpaired) electrons. The molecule has 1 aliphatic carbocycles. The maximum absolute atomic E-state index is 6.05.